The number of hydrogen-bond acceptors (Lipinski definition) is 1. The minimum atomic E-state index is -1.17. The zero-order valence-corrected chi connectivity index (χ0v) is 10.2. The fraction of sp³-hybridized carbons (Fsp3) is 0.333. The molecule has 0 atom stereocenters. The minimum Gasteiger partial charge on any atom is -0.416 e. The smallest absolute Gasteiger partial charge is 0.146 e. The predicted octanol–water partition coefficient (Wildman–Crippen LogP) is 3.47. The van der Waals surface area contributed by atoms with E-state index in [-0.39, 0.29) is 0 Å². The van der Waals surface area contributed by atoms with Crippen molar-refractivity contribution >= 4 is 14.3 Å². The van der Waals surface area contributed by atoms with Crippen molar-refractivity contribution in [1.82, 2.24) is 4.98 Å². The minimum absolute atomic E-state index is 1.17. The Kier molecular flexibility index (Phi) is 3.95. The molecule has 1 aromatic rings. The summed E-state index contributed by atoms with van der Waals surface area (Å²) in [5, 5.41) is 0. The van der Waals surface area contributed by atoms with E-state index in [1.165, 1.54) is 11.6 Å². The molecule has 0 heterocycles. The highest BCUT2D eigenvalue weighted by Gasteiger charge is 2.14. The monoisotopic (exact) mass is 205 g/mol. The molecule has 1 N–H and O–H groups in total. The van der Waals surface area contributed by atoms with Crippen molar-refractivity contribution in [2.45, 2.75) is 26.1 Å². The third-order valence-electron chi connectivity index (χ3n) is 2.43. The van der Waals surface area contributed by atoms with Crippen LogP contribution in [-0.4, -0.2) is 8.24 Å². The second-order valence-electron chi connectivity index (χ2n) is 4.13. The summed E-state index contributed by atoms with van der Waals surface area (Å²) >= 11 is 0. The Hall–Kier alpha value is -1.02. The molecule has 1 aromatic carbocycles. The summed E-state index contributed by atoms with van der Waals surface area (Å²) in [7, 11) is -1.17. The molecule has 1 nitrogen and oxygen atoms in total. The van der Waals surface area contributed by atoms with Crippen LogP contribution in [0.4, 0.5) is 0 Å². The molecule has 2 heteroatoms. The SMILES string of the molecule is CC[Si](C)(C)N/C=C/c1ccccc1. The lowest BCUT2D eigenvalue weighted by Crippen LogP contribution is -2.39. The first-order valence-corrected chi connectivity index (χ1v) is 8.34. The maximum atomic E-state index is 3.52. The largest absolute Gasteiger partial charge is 0.416 e. The Bertz CT molecular complexity index is 290. The van der Waals surface area contributed by atoms with Crippen LogP contribution in [0, 0.1) is 0 Å². The second kappa shape index (κ2) is 5.01. The van der Waals surface area contributed by atoms with Gasteiger partial charge in [0.15, 0.2) is 0 Å². The molecule has 0 saturated carbocycles. The van der Waals surface area contributed by atoms with Crippen LogP contribution in [0.5, 0.6) is 0 Å². The fourth-order valence-corrected chi connectivity index (χ4v) is 1.77. The van der Waals surface area contributed by atoms with Gasteiger partial charge in [-0.1, -0.05) is 50.3 Å². The zero-order valence-electron chi connectivity index (χ0n) is 9.25. The van der Waals surface area contributed by atoms with Crippen LogP contribution in [0.1, 0.15) is 12.5 Å². The van der Waals surface area contributed by atoms with Crippen molar-refractivity contribution in [3.63, 3.8) is 0 Å². The van der Waals surface area contributed by atoms with E-state index in [2.05, 4.69) is 61.5 Å². The third kappa shape index (κ3) is 3.79. The Labute approximate surface area is 87.9 Å². The molecule has 14 heavy (non-hydrogen) atoms. The molecular weight excluding hydrogens is 186 g/mol. The normalized spacial score (nSPS) is 11.9. The Morgan fingerprint density at radius 1 is 1.21 bits per heavy atom. The van der Waals surface area contributed by atoms with E-state index < -0.39 is 8.24 Å². The van der Waals surface area contributed by atoms with Gasteiger partial charge in [0.2, 0.25) is 0 Å². The molecule has 0 amide bonds. The van der Waals surface area contributed by atoms with Gasteiger partial charge in [0.25, 0.3) is 0 Å². The quantitative estimate of drug-likeness (QED) is 0.742. The van der Waals surface area contributed by atoms with Gasteiger partial charge in [-0.3, -0.25) is 0 Å². The van der Waals surface area contributed by atoms with E-state index in [4.69, 9.17) is 0 Å². The maximum Gasteiger partial charge on any atom is 0.146 e. The number of nitrogens with one attached hydrogen (secondary N) is 1. The molecule has 0 spiro atoms. The van der Waals surface area contributed by atoms with Gasteiger partial charge in [0.1, 0.15) is 8.24 Å². The van der Waals surface area contributed by atoms with Gasteiger partial charge in [-0.05, 0) is 23.9 Å². The summed E-state index contributed by atoms with van der Waals surface area (Å²) in [4.78, 5) is 3.52. The van der Waals surface area contributed by atoms with Gasteiger partial charge in [-0.25, -0.2) is 0 Å². The second-order valence-corrected chi connectivity index (χ2v) is 8.89. The van der Waals surface area contributed by atoms with Crippen molar-refractivity contribution in [2.75, 3.05) is 0 Å². The van der Waals surface area contributed by atoms with E-state index in [0.717, 1.165) is 0 Å². The Morgan fingerprint density at radius 2 is 1.86 bits per heavy atom. The van der Waals surface area contributed by atoms with Gasteiger partial charge >= 0.3 is 0 Å². The zero-order chi connectivity index (χ0) is 10.4. The van der Waals surface area contributed by atoms with E-state index >= 15 is 0 Å². The third-order valence-corrected chi connectivity index (χ3v) is 5.15. The lowest BCUT2D eigenvalue weighted by Gasteiger charge is -2.19. The average Bonchev–Trinajstić information content (AvgIpc) is 2.19. The van der Waals surface area contributed by atoms with E-state index in [0.29, 0.717) is 0 Å². The topological polar surface area (TPSA) is 12.0 Å². The summed E-state index contributed by atoms with van der Waals surface area (Å²) in [6, 6.07) is 11.6. The summed E-state index contributed by atoms with van der Waals surface area (Å²) < 4.78 is 0. The average molecular weight is 205 g/mol. The molecule has 76 valence electrons. The van der Waals surface area contributed by atoms with Crippen molar-refractivity contribution < 1.29 is 0 Å². The highest BCUT2D eigenvalue weighted by molar-refractivity contribution is 6.75. The van der Waals surface area contributed by atoms with Gasteiger partial charge in [-0.2, -0.15) is 0 Å². The van der Waals surface area contributed by atoms with Crippen LogP contribution in [-0.2, 0) is 0 Å². The highest BCUT2D eigenvalue weighted by Crippen LogP contribution is 2.05. The van der Waals surface area contributed by atoms with Crippen molar-refractivity contribution in [3.8, 4) is 0 Å². The van der Waals surface area contributed by atoms with Crippen molar-refractivity contribution in [1.29, 1.82) is 0 Å². The Balaban J connectivity index is 2.50. The lowest BCUT2D eigenvalue weighted by molar-refractivity contribution is 1.18. The molecule has 0 aliphatic rings. The summed E-state index contributed by atoms with van der Waals surface area (Å²) in [5.41, 5.74) is 1.25. The van der Waals surface area contributed by atoms with Crippen LogP contribution in [0.15, 0.2) is 36.5 Å². The fourth-order valence-electron chi connectivity index (χ4n) is 1.03. The molecule has 0 aliphatic heterocycles. The maximum absolute atomic E-state index is 3.52. The van der Waals surface area contributed by atoms with E-state index in [1.54, 1.807) is 0 Å². The molecular formula is C12H19NSi. The molecule has 0 fully saturated rings. The van der Waals surface area contributed by atoms with Crippen LogP contribution in [0.3, 0.4) is 0 Å². The molecule has 0 aliphatic carbocycles. The molecule has 1 rings (SSSR count). The molecule has 0 aromatic heterocycles. The molecule has 0 radical (unpaired) electrons. The summed E-state index contributed by atoms with van der Waals surface area (Å²) in [6.45, 7) is 6.92. The lowest BCUT2D eigenvalue weighted by atomic mass is 10.2. The van der Waals surface area contributed by atoms with Gasteiger partial charge in [0, 0.05) is 0 Å². The summed E-state index contributed by atoms with van der Waals surface area (Å²) in [6.07, 6.45) is 4.22. The first-order valence-electron chi connectivity index (χ1n) is 5.13. The van der Waals surface area contributed by atoms with E-state index in [9.17, 15) is 0 Å². The Morgan fingerprint density at radius 3 is 2.43 bits per heavy atom. The van der Waals surface area contributed by atoms with Crippen LogP contribution >= 0.6 is 0 Å². The molecule has 0 saturated heterocycles. The molecule has 0 unspecified atom stereocenters. The van der Waals surface area contributed by atoms with Crippen molar-refractivity contribution in [2.24, 2.45) is 0 Å². The number of rotatable bonds is 4. The first-order chi connectivity index (χ1) is 6.64. The van der Waals surface area contributed by atoms with Gasteiger partial charge < -0.3 is 4.98 Å². The predicted molar refractivity (Wildman–Crippen MR) is 66.6 cm³/mol. The van der Waals surface area contributed by atoms with Crippen molar-refractivity contribution in [3.05, 3.63) is 42.1 Å². The number of benzene rings is 1. The highest BCUT2D eigenvalue weighted by atomic mass is 28.3. The number of hydrogen-bond donors (Lipinski definition) is 1. The summed E-state index contributed by atoms with van der Waals surface area (Å²) in [5.74, 6) is 0. The van der Waals surface area contributed by atoms with E-state index in [1.807, 2.05) is 6.07 Å². The first kappa shape index (κ1) is 11.1. The van der Waals surface area contributed by atoms with Crippen LogP contribution < -0.4 is 4.98 Å². The van der Waals surface area contributed by atoms with Crippen LogP contribution in [0.2, 0.25) is 19.1 Å². The van der Waals surface area contributed by atoms with Crippen LogP contribution in [0.25, 0.3) is 6.08 Å². The van der Waals surface area contributed by atoms with Gasteiger partial charge in [-0.15, -0.1) is 0 Å². The standard InChI is InChI=1S/C12H19NSi/c1-4-14(2,3)13-11-10-12-8-6-5-7-9-12/h5-11,13H,4H2,1-3H3/b11-10+. The van der Waals surface area contributed by atoms with Gasteiger partial charge in [0.05, 0.1) is 0 Å². The molecule has 0 bridgehead atoms.